The first-order valence-electron chi connectivity index (χ1n) is 7.42. The van der Waals surface area contributed by atoms with Crippen LogP contribution in [-0.4, -0.2) is 11.9 Å². The fourth-order valence-electron chi connectivity index (χ4n) is 2.38. The molecule has 0 saturated heterocycles. The summed E-state index contributed by atoms with van der Waals surface area (Å²) in [5.41, 5.74) is 8.87. The highest BCUT2D eigenvalue weighted by Gasteiger charge is 2.09. The van der Waals surface area contributed by atoms with Crippen molar-refractivity contribution in [3.8, 4) is 0 Å². The fourth-order valence-corrected chi connectivity index (χ4v) is 2.65. The minimum absolute atomic E-state index is 0.0628. The molecule has 0 fully saturated rings. The maximum absolute atomic E-state index is 12.0. The second-order valence-corrected chi connectivity index (χ2v) is 6.41. The monoisotopic (exact) mass is 360 g/mol. The zero-order chi connectivity index (χ0) is 15.9. The predicted octanol–water partition coefficient (Wildman–Crippen LogP) is 3.71. The Bertz CT molecular complexity index is 625. The van der Waals surface area contributed by atoms with E-state index < -0.39 is 0 Å². The number of nitrogens with one attached hydrogen (secondary N) is 1. The van der Waals surface area contributed by atoms with Gasteiger partial charge in [0.1, 0.15) is 0 Å². The summed E-state index contributed by atoms with van der Waals surface area (Å²) >= 11 is 3.42. The summed E-state index contributed by atoms with van der Waals surface area (Å²) in [6, 6.07) is 16.0. The van der Waals surface area contributed by atoms with Gasteiger partial charge in [0.2, 0.25) is 5.91 Å². The Morgan fingerprint density at radius 2 is 1.86 bits per heavy atom. The van der Waals surface area contributed by atoms with E-state index >= 15 is 0 Å². The number of anilines is 1. The average molecular weight is 361 g/mol. The number of nitrogen functional groups attached to an aromatic ring is 1. The highest BCUT2D eigenvalue weighted by atomic mass is 79.9. The Morgan fingerprint density at radius 3 is 2.55 bits per heavy atom. The highest BCUT2D eigenvalue weighted by Crippen LogP contribution is 2.13. The van der Waals surface area contributed by atoms with Crippen LogP contribution in [-0.2, 0) is 17.6 Å². The highest BCUT2D eigenvalue weighted by molar-refractivity contribution is 9.10. The molecule has 0 aromatic heterocycles. The predicted molar refractivity (Wildman–Crippen MR) is 94.6 cm³/mol. The van der Waals surface area contributed by atoms with Crippen LogP contribution in [0.15, 0.2) is 53.0 Å². The third-order valence-corrected chi connectivity index (χ3v) is 4.07. The van der Waals surface area contributed by atoms with Crippen LogP contribution in [0, 0.1) is 0 Å². The number of carbonyl (C=O) groups excluding carboxylic acids is 1. The van der Waals surface area contributed by atoms with Gasteiger partial charge in [0.25, 0.3) is 0 Å². The van der Waals surface area contributed by atoms with Gasteiger partial charge >= 0.3 is 0 Å². The fraction of sp³-hybridized carbons (Fsp3) is 0.278. The molecule has 3 nitrogen and oxygen atoms in total. The van der Waals surface area contributed by atoms with Gasteiger partial charge in [-0.2, -0.15) is 0 Å². The van der Waals surface area contributed by atoms with Crippen molar-refractivity contribution in [3.05, 3.63) is 64.1 Å². The van der Waals surface area contributed by atoms with Crippen LogP contribution in [0.25, 0.3) is 0 Å². The minimum Gasteiger partial charge on any atom is -0.399 e. The van der Waals surface area contributed by atoms with E-state index in [0.717, 1.165) is 22.1 Å². The maximum Gasteiger partial charge on any atom is 0.220 e. The number of hydrogen-bond acceptors (Lipinski definition) is 2. The van der Waals surface area contributed by atoms with Gasteiger partial charge in [0, 0.05) is 22.6 Å². The number of benzene rings is 2. The van der Waals surface area contributed by atoms with Gasteiger partial charge in [-0.05, 0) is 49.1 Å². The Balaban J connectivity index is 1.79. The zero-order valence-electron chi connectivity index (χ0n) is 12.7. The lowest BCUT2D eigenvalue weighted by molar-refractivity contribution is -0.121. The Labute approximate surface area is 140 Å². The van der Waals surface area contributed by atoms with E-state index in [4.69, 9.17) is 5.73 Å². The molecule has 1 amide bonds. The van der Waals surface area contributed by atoms with Gasteiger partial charge in [0.05, 0.1) is 0 Å². The zero-order valence-corrected chi connectivity index (χ0v) is 14.3. The van der Waals surface area contributed by atoms with Crippen LogP contribution in [0.1, 0.15) is 24.5 Å². The molecule has 0 spiro atoms. The third-order valence-electron chi connectivity index (χ3n) is 3.54. The molecular formula is C18H21BrN2O. The number of hydrogen-bond donors (Lipinski definition) is 2. The second-order valence-electron chi connectivity index (χ2n) is 5.50. The summed E-state index contributed by atoms with van der Waals surface area (Å²) in [5, 5.41) is 3.04. The summed E-state index contributed by atoms with van der Waals surface area (Å²) in [7, 11) is 0. The molecule has 0 radical (unpaired) electrons. The van der Waals surface area contributed by atoms with Crippen molar-refractivity contribution < 1.29 is 4.79 Å². The van der Waals surface area contributed by atoms with Gasteiger partial charge in [-0.1, -0.05) is 46.3 Å². The van der Waals surface area contributed by atoms with Gasteiger partial charge < -0.3 is 11.1 Å². The van der Waals surface area contributed by atoms with Crippen LogP contribution in [0.3, 0.4) is 0 Å². The second kappa shape index (κ2) is 7.99. The van der Waals surface area contributed by atoms with Crippen molar-refractivity contribution in [2.75, 3.05) is 5.73 Å². The Hall–Kier alpha value is -1.81. The molecule has 116 valence electrons. The van der Waals surface area contributed by atoms with E-state index in [1.807, 2.05) is 43.3 Å². The Morgan fingerprint density at radius 1 is 1.18 bits per heavy atom. The van der Waals surface area contributed by atoms with E-state index in [0.29, 0.717) is 12.8 Å². The van der Waals surface area contributed by atoms with Gasteiger partial charge in [-0.25, -0.2) is 0 Å². The first kappa shape index (κ1) is 16.6. The number of aryl methyl sites for hydroxylation is 1. The molecule has 0 aliphatic heterocycles. The van der Waals surface area contributed by atoms with E-state index in [1.54, 1.807) is 0 Å². The van der Waals surface area contributed by atoms with E-state index in [-0.39, 0.29) is 11.9 Å². The SMILES string of the molecule is CC(Cc1ccc(Br)cc1)NC(=O)CCc1ccccc1N. The first-order valence-corrected chi connectivity index (χ1v) is 8.21. The molecule has 3 N–H and O–H groups in total. The number of rotatable bonds is 6. The van der Waals surface area contributed by atoms with Gasteiger partial charge in [0.15, 0.2) is 0 Å². The molecule has 22 heavy (non-hydrogen) atoms. The smallest absolute Gasteiger partial charge is 0.220 e. The summed E-state index contributed by atoms with van der Waals surface area (Å²) in [6.45, 7) is 2.02. The van der Waals surface area contributed by atoms with Crippen molar-refractivity contribution in [3.63, 3.8) is 0 Å². The molecule has 2 aromatic rings. The van der Waals surface area contributed by atoms with E-state index in [1.165, 1.54) is 5.56 Å². The topological polar surface area (TPSA) is 55.1 Å². The van der Waals surface area contributed by atoms with Crippen molar-refractivity contribution >= 4 is 27.5 Å². The quantitative estimate of drug-likeness (QED) is 0.771. The van der Waals surface area contributed by atoms with Gasteiger partial charge in [-0.3, -0.25) is 4.79 Å². The van der Waals surface area contributed by atoms with E-state index in [2.05, 4.69) is 33.4 Å². The van der Waals surface area contributed by atoms with Gasteiger partial charge in [-0.15, -0.1) is 0 Å². The molecule has 0 aliphatic carbocycles. The summed E-state index contributed by atoms with van der Waals surface area (Å²) in [5.74, 6) is 0.0628. The molecule has 1 atom stereocenters. The number of amides is 1. The first-order chi connectivity index (χ1) is 10.5. The lowest BCUT2D eigenvalue weighted by Gasteiger charge is -2.14. The molecular weight excluding hydrogens is 340 g/mol. The molecule has 2 rings (SSSR count). The van der Waals surface area contributed by atoms with Crippen LogP contribution in [0.2, 0.25) is 0 Å². The van der Waals surface area contributed by atoms with Crippen LogP contribution in [0.4, 0.5) is 5.69 Å². The molecule has 1 unspecified atom stereocenters. The molecule has 2 aromatic carbocycles. The number of nitrogens with two attached hydrogens (primary N) is 1. The standard InChI is InChI=1S/C18H21BrN2O/c1-13(12-14-6-9-16(19)10-7-14)21-18(22)11-8-15-4-2-3-5-17(15)20/h2-7,9-10,13H,8,11-12,20H2,1H3,(H,21,22). The molecule has 0 bridgehead atoms. The maximum atomic E-state index is 12.0. The molecule has 0 saturated carbocycles. The largest absolute Gasteiger partial charge is 0.399 e. The molecule has 0 aliphatic rings. The minimum atomic E-state index is 0.0628. The lowest BCUT2D eigenvalue weighted by atomic mass is 10.1. The Kier molecular flexibility index (Phi) is 6.01. The third kappa shape index (κ3) is 5.19. The normalized spacial score (nSPS) is 11.9. The van der Waals surface area contributed by atoms with Crippen molar-refractivity contribution in [1.29, 1.82) is 0 Å². The van der Waals surface area contributed by atoms with Crippen LogP contribution < -0.4 is 11.1 Å². The van der Waals surface area contributed by atoms with E-state index in [9.17, 15) is 4.79 Å². The molecule has 0 heterocycles. The van der Waals surface area contributed by atoms with Crippen molar-refractivity contribution in [2.45, 2.75) is 32.2 Å². The van der Waals surface area contributed by atoms with Crippen molar-refractivity contribution in [2.24, 2.45) is 0 Å². The van der Waals surface area contributed by atoms with Crippen LogP contribution >= 0.6 is 15.9 Å². The number of para-hydroxylation sites is 1. The number of carbonyl (C=O) groups is 1. The summed E-state index contributed by atoms with van der Waals surface area (Å²) in [6.07, 6.45) is 1.95. The average Bonchev–Trinajstić information content (AvgIpc) is 2.49. The summed E-state index contributed by atoms with van der Waals surface area (Å²) < 4.78 is 1.06. The van der Waals surface area contributed by atoms with Crippen molar-refractivity contribution in [1.82, 2.24) is 5.32 Å². The lowest BCUT2D eigenvalue weighted by Crippen LogP contribution is -2.34. The molecule has 4 heteroatoms. The van der Waals surface area contributed by atoms with Crippen LogP contribution in [0.5, 0.6) is 0 Å². The number of halogens is 1. The summed E-state index contributed by atoms with van der Waals surface area (Å²) in [4.78, 5) is 12.0.